The lowest BCUT2D eigenvalue weighted by Gasteiger charge is -2.10. The molecule has 0 bridgehead atoms. The topological polar surface area (TPSA) is 101 Å². The highest BCUT2D eigenvalue weighted by Gasteiger charge is 2.15. The van der Waals surface area contributed by atoms with Gasteiger partial charge in [-0.1, -0.05) is 13.0 Å². The van der Waals surface area contributed by atoms with Crippen molar-refractivity contribution in [2.75, 3.05) is 20.3 Å². The van der Waals surface area contributed by atoms with Crippen molar-refractivity contribution in [2.24, 2.45) is 0 Å². The fourth-order valence-electron chi connectivity index (χ4n) is 2.94. The maximum Gasteiger partial charge on any atom is 0.351 e. The van der Waals surface area contributed by atoms with E-state index in [1.807, 2.05) is 6.92 Å². The number of carbonyl (C=O) groups excluding carboxylic acids is 2. The fraction of sp³-hybridized carbons (Fsp3) is 0.240. The number of methoxy groups -OCH3 is 1. The van der Waals surface area contributed by atoms with E-state index < -0.39 is 17.6 Å². The highest BCUT2D eigenvalue weighted by Crippen LogP contribution is 2.28. The molecule has 0 saturated carbocycles. The van der Waals surface area contributed by atoms with Crippen molar-refractivity contribution in [3.63, 3.8) is 0 Å². The van der Waals surface area contributed by atoms with Crippen LogP contribution in [0, 0.1) is 0 Å². The standard InChI is InChI=1S/C25H24O8/c1-4-12-31-20-10-6-16(13-22(20)29-3)7-11-23(26)32-18-9-8-17-14-19(24(27)30-5-2)25(28)33-21(17)15-18/h6-11,13-15H,4-5,12H2,1-3H3/b11-7+. The van der Waals surface area contributed by atoms with Crippen LogP contribution in [0.25, 0.3) is 17.0 Å². The number of fused-ring (bicyclic) bond motifs is 1. The molecule has 1 aromatic heterocycles. The zero-order valence-corrected chi connectivity index (χ0v) is 18.6. The van der Waals surface area contributed by atoms with E-state index in [1.54, 1.807) is 44.4 Å². The molecule has 172 valence electrons. The number of rotatable bonds is 9. The summed E-state index contributed by atoms with van der Waals surface area (Å²) in [5, 5.41) is 0.491. The number of ether oxygens (including phenoxy) is 4. The Kier molecular flexibility index (Phi) is 7.86. The monoisotopic (exact) mass is 452 g/mol. The molecule has 3 aromatic rings. The van der Waals surface area contributed by atoms with E-state index in [9.17, 15) is 14.4 Å². The third-order valence-electron chi connectivity index (χ3n) is 4.48. The molecule has 0 amide bonds. The van der Waals surface area contributed by atoms with Crippen LogP contribution in [0.15, 0.2) is 57.8 Å². The van der Waals surface area contributed by atoms with Gasteiger partial charge >= 0.3 is 17.6 Å². The van der Waals surface area contributed by atoms with Crippen molar-refractivity contribution in [1.82, 2.24) is 0 Å². The van der Waals surface area contributed by atoms with Crippen LogP contribution in [0.4, 0.5) is 0 Å². The van der Waals surface area contributed by atoms with Gasteiger partial charge in [0.15, 0.2) is 11.5 Å². The highest BCUT2D eigenvalue weighted by atomic mass is 16.5. The SMILES string of the molecule is CCCOc1ccc(/C=C/C(=O)Oc2ccc3cc(C(=O)OCC)c(=O)oc3c2)cc1OC. The van der Waals surface area contributed by atoms with Crippen LogP contribution in [0.3, 0.4) is 0 Å². The largest absolute Gasteiger partial charge is 0.493 e. The van der Waals surface area contributed by atoms with Gasteiger partial charge in [0.05, 0.1) is 20.3 Å². The van der Waals surface area contributed by atoms with Gasteiger partial charge in [0, 0.05) is 17.5 Å². The highest BCUT2D eigenvalue weighted by molar-refractivity contribution is 5.93. The Morgan fingerprint density at radius 2 is 1.85 bits per heavy atom. The Labute approximate surface area is 190 Å². The van der Waals surface area contributed by atoms with Gasteiger partial charge < -0.3 is 23.4 Å². The van der Waals surface area contributed by atoms with Crippen molar-refractivity contribution < 1.29 is 33.0 Å². The summed E-state index contributed by atoms with van der Waals surface area (Å²) >= 11 is 0. The Bertz CT molecular complexity index is 1240. The van der Waals surface area contributed by atoms with E-state index in [0.29, 0.717) is 23.5 Å². The van der Waals surface area contributed by atoms with Gasteiger partial charge in [-0.25, -0.2) is 14.4 Å². The molecule has 1 heterocycles. The third kappa shape index (κ3) is 6.00. The number of carbonyl (C=O) groups is 2. The Morgan fingerprint density at radius 1 is 1.03 bits per heavy atom. The smallest absolute Gasteiger partial charge is 0.351 e. The first-order chi connectivity index (χ1) is 15.9. The minimum Gasteiger partial charge on any atom is -0.493 e. The summed E-state index contributed by atoms with van der Waals surface area (Å²) in [6.45, 7) is 4.37. The molecule has 0 aliphatic carbocycles. The molecule has 0 atom stereocenters. The molecule has 33 heavy (non-hydrogen) atoms. The van der Waals surface area contributed by atoms with Crippen LogP contribution in [0.1, 0.15) is 36.2 Å². The van der Waals surface area contributed by atoms with E-state index in [0.717, 1.165) is 12.0 Å². The molecular formula is C25H24O8. The quantitative estimate of drug-likeness (QED) is 0.204. The molecule has 8 heteroatoms. The van der Waals surface area contributed by atoms with Gasteiger partial charge in [0.2, 0.25) is 0 Å². The van der Waals surface area contributed by atoms with Gasteiger partial charge in [-0.15, -0.1) is 0 Å². The van der Waals surface area contributed by atoms with Crippen LogP contribution < -0.4 is 19.8 Å². The molecule has 0 N–H and O–H groups in total. The lowest BCUT2D eigenvalue weighted by Crippen LogP contribution is -2.16. The second-order valence-electron chi connectivity index (χ2n) is 6.88. The summed E-state index contributed by atoms with van der Waals surface area (Å²) in [4.78, 5) is 36.2. The Hall–Kier alpha value is -4.07. The fourth-order valence-corrected chi connectivity index (χ4v) is 2.94. The van der Waals surface area contributed by atoms with Crippen LogP contribution in [-0.2, 0) is 9.53 Å². The molecule has 0 unspecified atom stereocenters. The van der Waals surface area contributed by atoms with Crippen molar-refractivity contribution in [3.8, 4) is 17.2 Å². The first-order valence-corrected chi connectivity index (χ1v) is 10.4. The number of benzene rings is 2. The predicted octanol–water partition coefficient (Wildman–Crippen LogP) is 4.39. The lowest BCUT2D eigenvalue weighted by atomic mass is 10.2. The van der Waals surface area contributed by atoms with Crippen molar-refractivity contribution >= 4 is 29.0 Å². The second-order valence-corrected chi connectivity index (χ2v) is 6.88. The molecular weight excluding hydrogens is 428 g/mol. The summed E-state index contributed by atoms with van der Waals surface area (Å²) in [6, 6.07) is 11.2. The molecule has 0 aliphatic heterocycles. The van der Waals surface area contributed by atoms with Crippen molar-refractivity contribution in [1.29, 1.82) is 0 Å². The molecule has 8 nitrogen and oxygen atoms in total. The minimum atomic E-state index is -0.829. The van der Waals surface area contributed by atoms with Crippen LogP contribution >= 0.6 is 0 Å². The van der Waals surface area contributed by atoms with E-state index >= 15 is 0 Å². The molecule has 0 radical (unpaired) electrons. The van der Waals surface area contributed by atoms with Gasteiger partial charge in [-0.3, -0.25) is 0 Å². The van der Waals surface area contributed by atoms with Gasteiger partial charge in [0.25, 0.3) is 0 Å². The average molecular weight is 452 g/mol. The first kappa shape index (κ1) is 23.6. The third-order valence-corrected chi connectivity index (χ3v) is 4.48. The summed E-state index contributed by atoms with van der Waals surface area (Å²) in [6.07, 6.45) is 3.73. The zero-order chi connectivity index (χ0) is 23.8. The van der Waals surface area contributed by atoms with Crippen molar-refractivity contribution in [2.45, 2.75) is 20.3 Å². The molecule has 3 rings (SSSR count). The average Bonchev–Trinajstić information content (AvgIpc) is 2.81. The Balaban J connectivity index is 1.72. The normalized spacial score (nSPS) is 10.9. The maximum absolute atomic E-state index is 12.2. The summed E-state index contributed by atoms with van der Waals surface area (Å²) in [5.41, 5.74) is -0.124. The van der Waals surface area contributed by atoms with E-state index in [4.69, 9.17) is 23.4 Å². The van der Waals surface area contributed by atoms with Crippen molar-refractivity contribution in [3.05, 3.63) is 70.1 Å². The molecule has 0 aliphatic rings. The number of hydrogen-bond acceptors (Lipinski definition) is 8. The summed E-state index contributed by atoms with van der Waals surface area (Å²) in [5.74, 6) is -0.000800. The maximum atomic E-state index is 12.2. The first-order valence-electron chi connectivity index (χ1n) is 10.4. The lowest BCUT2D eigenvalue weighted by molar-refractivity contribution is -0.128. The van der Waals surface area contributed by atoms with Gasteiger partial charge in [-0.2, -0.15) is 0 Å². The van der Waals surface area contributed by atoms with E-state index in [1.165, 1.54) is 24.3 Å². The zero-order valence-electron chi connectivity index (χ0n) is 18.6. The second kappa shape index (κ2) is 11.0. The van der Waals surface area contributed by atoms with Crippen LogP contribution in [0.5, 0.6) is 17.2 Å². The molecule has 0 spiro atoms. The van der Waals surface area contributed by atoms with Crippen LogP contribution in [-0.4, -0.2) is 32.3 Å². The number of hydrogen-bond donors (Lipinski definition) is 0. The molecule has 0 saturated heterocycles. The summed E-state index contributed by atoms with van der Waals surface area (Å²) in [7, 11) is 1.55. The van der Waals surface area contributed by atoms with Gasteiger partial charge in [0.1, 0.15) is 16.9 Å². The minimum absolute atomic E-state index is 0.141. The van der Waals surface area contributed by atoms with Gasteiger partial charge in [-0.05, 0) is 55.3 Å². The summed E-state index contributed by atoms with van der Waals surface area (Å²) < 4.78 is 26.3. The van der Waals surface area contributed by atoms with E-state index in [2.05, 4.69) is 0 Å². The molecule has 2 aromatic carbocycles. The molecule has 0 fully saturated rings. The number of esters is 2. The predicted molar refractivity (Wildman–Crippen MR) is 122 cm³/mol. The van der Waals surface area contributed by atoms with E-state index in [-0.39, 0.29) is 23.5 Å². The Morgan fingerprint density at radius 3 is 2.58 bits per heavy atom. The van der Waals surface area contributed by atoms with Crippen LogP contribution in [0.2, 0.25) is 0 Å².